The van der Waals surface area contributed by atoms with Crippen molar-refractivity contribution in [1.29, 1.82) is 0 Å². The third-order valence-electron chi connectivity index (χ3n) is 7.42. The molecule has 4 unspecified atom stereocenters. The van der Waals surface area contributed by atoms with Gasteiger partial charge in [0.2, 0.25) is 0 Å². The van der Waals surface area contributed by atoms with Gasteiger partial charge in [0, 0.05) is 37.6 Å². The number of ether oxygens (including phenoxy) is 4. The maximum atomic E-state index is 14.5. The minimum absolute atomic E-state index is 0.180. The normalized spacial score (nSPS) is 26.5. The molecular formula is C28H33F3N2O4. The number of hydrogen-bond donors (Lipinski definition) is 0. The van der Waals surface area contributed by atoms with Crippen LogP contribution in [0.15, 0.2) is 36.4 Å². The first kappa shape index (κ1) is 25.0. The van der Waals surface area contributed by atoms with Crippen molar-refractivity contribution in [2.24, 2.45) is 0 Å². The van der Waals surface area contributed by atoms with Crippen molar-refractivity contribution >= 4 is 11.4 Å². The maximum Gasteiger partial charge on any atom is 0.399 e. The van der Waals surface area contributed by atoms with Crippen molar-refractivity contribution < 1.29 is 32.1 Å². The van der Waals surface area contributed by atoms with Gasteiger partial charge in [-0.25, -0.2) is 0 Å². The lowest BCUT2D eigenvalue weighted by Crippen LogP contribution is -2.32. The number of alkyl halides is 3. The van der Waals surface area contributed by atoms with Crippen LogP contribution in [0.5, 0.6) is 0 Å². The van der Waals surface area contributed by atoms with Crippen LogP contribution in [0.25, 0.3) is 0 Å². The van der Waals surface area contributed by atoms with Gasteiger partial charge in [-0.1, -0.05) is 24.3 Å². The molecular weight excluding hydrogens is 485 g/mol. The fourth-order valence-corrected chi connectivity index (χ4v) is 5.22. The fourth-order valence-electron chi connectivity index (χ4n) is 5.22. The molecule has 0 spiro atoms. The predicted octanol–water partition coefficient (Wildman–Crippen LogP) is 4.21. The lowest BCUT2D eigenvalue weighted by Gasteiger charge is -2.28. The van der Waals surface area contributed by atoms with Crippen molar-refractivity contribution in [3.05, 3.63) is 58.7 Å². The van der Waals surface area contributed by atoms with Crippen LogP contribution in [0.1, 0.15) is 28.2 Å². The Hall–Kier alpha value is -2.33. The average molecular weight is 519 g/mol. The first-order valence-corrected chi connectivity index (χ1v) is 13.0. The van der Waals surface area contributed by atoms with Crippen LogP contribution < -0.4 is 9.80 Å². The van der Waals surface area contributed by atoms with E-state index >= 15 is 0 Å². The second-order valence-electron chi connectivity index (χ2n) is 10.7. The topological polar surface area (TPSA) is 56.6 Å². The lowest BCUT2D eigenvalue weighted by atomic mass is 9.88. The van der Waals surface area contributed by atoms with Gasteiger partial charge in [0.1, 0.15) is 5.92 Å². The zero-order chi connectivity index (χ0) is 25.7. The largest absolute Gasteiger partial charge is 0.399 e. The highest BCUT2D eigenvalue weighted by molar-refractivity contribution is 5.59. The van der Waals surface area contributed by atoms with Crippen LogP contribution in [-0.4, -0.2) is 83.2 Å². The summed E-state index contributed by atoms with van der Waals surface area (Å²) in [5.41, 5.74) is 4.01. The number of aryl methyl sites for hydroxylation is 2. The van der Waals surface area contributed by atoms with Crippen LogP contribution in [0.3, 0.4) is 0 Å². The third kappa shape index (κ3) is 6.22. The highest BCUT2D eigenvalue weighted by Crippen LogP contribution is 2.42. The molecule has 4 fully saturated rings. The van der Waals surface area contributed by atoms with E-state index in [-0.39, 0.29) is 35.5 Å². The van der Waals surface area contributed by atoms with Crippen molar-refractivity contribution in [2.45, 2.75) is 50.4 Å². The Morgan fingerprint density at radius 1 is 0.676 bits per heavy atom. The van der Waals surface area contributed by atoms with Gasteiger partial charge in [-0.3, -0.25) is 0 Å². The molecule has 4 aliphatic rings. The summed E-state index contributed by atoms with van der Waals surface area (Å²) in [5, 5.41) is 0. The first-order chi connectivity index (χ1) is 17.7. The predicted molar refractivity (Wildman–Crippen MR) is 134 cm³/mol. The van der Waals surface area contributed by atoms with E-state index in [9.17, 15) is 13.2 Å². The number of anilines is 2. The number of epoxide rings is 4. The smallest absolute Gasteiger partial charge is 0.371 e. The molecule has 6 nitrogen and oxygen atoms in total. The Kier molecular flexibility index (Phi) is 6.59. The Labute approximate surface area is 215 Å². The summed E-state index contributed by atoms with van der Waals surface area (Å²) in [7, 11) is 0. The molecule has 4 saturated heterocycles. The standard InChI is InChI=1S/C28H33F3N2O4/c1-17-7-19(3-5-25(17)32(9-21-13-34-21)10-22-14-35-22)27(28(29,30)31)20-4-6-26(18(2)8-20)33(11-23-15-36-23)12-24-16-37-24/h3-8,21-24,27H,9-16H2,1-2H3. The molecule has 0 N–H and O–H groups in total. The van der Waals surface area contributed by atoms with Gasteiger partial charge in [-0.05, 0) is 48.2 Å². The lowest BCUT2D eigenvalue weighted by molar-refractivity contribution is -0.141. The van der Waals surface area contributed by atoms with Gasteiger partial charge in [0.25, 0.3) is 0 Å². The van der Waals surface area contributed by atoms with E-state index in [2.05, 4.69) is 9.80 Å². The van der Waals surface area contributed by atoms with E-state index < -0.39 is 12.1 Å². The summed E-state index contributed by atoms with van der Waals surface area (Å²) in [5.74, 6) is -1.70. The van der Waals surface area contributed by atoms with Gasteiger partial charge in [-0.2, -0.15) is 13.2 Å². The molecule has 9 heteroatoms. The molecule has 0 amide bonds. The molecule has 0 radical (unpaired) electrons. The number of rotatable bonds is 12. The van der Waals surface area contributed by atoms with E-state index in [1.54, 1.807) is 24.3 Å². The third-order valence-corrected chi connectivity index (χ3v) is 7.42. The van der Waals surface area contributed by atoms with Gasteiger partial charge in [-0.15, -0.1) is 0 Å². The number of halogens is 3. The summed E-state index contributed by atoms with van der Waals surface area (Å²) < 4.78 is 65.1. The second kappa shape index (κ2) is 9.76. The minimum atomic E-state index is -4.42. The molecule has 4 heterocycles. The van der Waals surface area contributed by atoms with Crippen molar-refractivity contribution in [3.8, 4) is 0 Å². The molecule has 0 saturated carbocycles. The molecule has 200 valence electrons. The second-order valence-corrected chi connectivity index (χ2v) is 10.7. The summed E-state index contributed by atoms with van der Waals surface area (Å²) in [6.45, 7) is 9.55. The summed E-state index contributed by atoms with van der Waals surface area (Å²) >= 11 is 0. The molecule has 4 atom stereocenters. The van der Waals surface area contributed by atoms with Crippen molar-refractivity contribution in [2.75, 3.05) is 62.4 Å². The van der Waals surface area contributed by atoms with Crippen molar-refractivity contribution in [3.63, 3.8) is 0 Å². The summed E-state index contributed by atoms with van der Waals surface area (Å²) in [4.78, 5) is 4.36. The highest BCUT2D eigenvalue weighted by Gasteiger charge is 2.42. The molecule has 0 aromatic heterocycles. The zero-order valence-corrected chi connectivity index (χ0v) is 21.2. The van der Waals surface area contributed by atoms with Crippen LogP contribution >= 0.6 is 0 Å². The van der Waals surface area contributed by atoms with E-state index in [4.69, 9.17) is 18.9 Å². The molecule has 4 aliphatic heterocycles. The van der Waals surface area contributed by atoms with Gasteiger partial charge in [0.05, 0.1) is 50.8 Å². The number of hydrogen-bond acceptors (Lipinski definition) is 6. The summed E-state index contributed by atoms with van der Waals surface area (Å²) in [6, 6.07) is 10.3. The maximum absolute atomic E-state index is 14.5. The monoisotopic (exact) mass is 518 g/mol. The molecule has 6 rings (SSSR count). The van der Waals surface area contributed by atoms with E-state index in [0.717, 1.165) is 75.1 Å². The van der Waals surface area contributed by atoms with Crippen LogP contribution in [0.2, 0.25) is 0 Å². The van der Waals surface area contributed by atoms with Crippen LogP contribution in [-0.2, 0) is 18.9 Å². The van der Waals surface area contributed by atoms with Gasteiger partial charge in [0.15, 0.2) is 0 Å². The van der Waals surface area contributed by atoms with Gasteiger partial charge >= 0.3 is 6.18 Å². The number of nitrogens with zero attached hydrogens (tertiary/aromatic N) is 2. The minimum Gasteiger partial charge on any atom is -0.371 e. The van der Waals surface area contributed by atoms with E-state index in [1.807, 2.05) is 26.0 Å². The highest BCUT2D eigenvalue weighted by atomic mass is 19.4. The molecule has 2 aromatic carbocycles. The van der Waals surface area contributed by atoms with Crippen molar-refractivity contribution in [1.82, 2.24) is 0 Å². The Bertz CT molecular complexity index is 1020. The fraction of sp³-hybridized carbons (Fsp3) is 0.571. The van der Waals surface area contributed by atoms with Crippen LogP contribution in [0, 0.1) is 13.8 Å². The Balaban J connectivity index is 1.27. The van der Waals surface area contributed by atoms with Crippen LogP contribution in [0.4, 0.5) is 24.5 Å². The SMILES string of the molecule is Cc1cc(C(c2ccc(N(CC3CO3)CC3CO3)c(C)c2)C(F)(F)F)ccc1N(CC1CO1)CC1CO1. The van der Waals surface area contributed by atoms with E-state index in [0.29, 0.717) is 0 Å². The van der Waals surface area contributed by atoms with E-state index in [1.165, 1.54) is 0 Å². The van der Waals surface area contributed by atoms with Gasteiger partial charge < -0.3 is 28.7 Å². The molecule has 0 bridgehead atoms. The average Bonchev–Trinajstić information content (AvgIpc) is 3.65. The Morgan fingerprint density at radius 2 is 1.00 bits per heavy atom. The zero-order valence-electron chi connectivity index (χ0n) is 21.2. The Morgan fingerprint density at radius 3 is 1.24 bits per heavy atom. The molecule has 2 aromatic rings. The summed E-state index contributed by atoms with van der Waals surface area (Å²) in [6.07, 6.45) is -3.70. The quantitative estimate of drug-likeness (QED) is 0.393. The molecule has 37 heavy (non-hydrogen) atoms. The molecule has 0 aliphatic carbocycles. The first-order valence-electron chi connectivity index (χ1n) is 13.0. The number of benzene rings is 2.